The number of hydrogen-bond donors (Lipinski definition) is 3. The van der Waals surface area contributed by atoms with Crippen LogP contribution in [0.4, 0.5) is 0 Å². The smallest absolute Gasteiger partial charge is 0.462 e. The monoisotopic (exact) mass is 1280 g/mol. The molecule has 0 aliphatic heterocycles. The van der Waals surface area contributed by atoms with Gasteiger partial charge in [0.25, 0.3) is 0 Å². The van der Waals surface area contributed by atoms with Crippen LogP contribution in [0.25, 0.3) is 0 Å². The third-order valence-electron chi connectivity index (χ3n) is 15.4. The molecule has 0 saturated carbocycles. The van der Waals surface area contributed by atoms with Crippen molar-refractivity contribution in [3.63, 3.8) is 0 Å². The lowest BCUT2D eigenvalue weighted by molar-refractivity contribution is -0.161. The van der Waals surface area contributed by atoms with Gasteiger partial charge < -0.3 is 33.8 Å². The Labute approximate surface area is 529 Å². The molecule has 17 nitrogen and oxygen atoms in total. The standard InChI is InChI=1S/C68H128O17P2/c1-8-10-11-12-13-14-15-16-17-18-19-22-27-37-44-51-67(72)85-64(56-79-66(71)50-43-36-31-30-34-41-48-61(7)9-2)58-83-87(76,77)81-54-62(69)53-80-86(74,75)82-57-63(55-78-65(70)49-42-35-29-24-26-33-40-47-60(5)6)84-68(73)52-45-38-28-23-20-21-25-32-39-46-59(3)4/h14-17,59-64,69H,8-13,18-58H2,1-7H3,(H,74,75)(H,76,77)/b15-14-,17-16-/t61?,62?,63-,64-/m1/s1. The number of hydrogen-bond acceptors (Lipinski definition) is 15. The number of rotatable bonds is 64. The Balaban J connectivity index is 5.29. The van der Waals surface area contributed by atoms with Gasteiger partial charge in [0.2, 0.25) is 0 Å². The number of phosphoric ester groups is 2. The van der Waals surface area contributed by atoms with Gasteiger partial charge in [-0.25, -0.2) is 9.13 Å². The van der Waals surface area contributed by atoms with E-state index in [2.05, 4.69) is 72.8 Å². The molecule has 0 aromatic carbocycles. The maximum atomic E-state index is 13.0. The van der Waals surface area contributed by atoms with E-state index >= 15 is 0 Å². The molecule has 0 aliphatic rings. The van der Waals surface area contributed by atoms with Gasteiger partial charge in [-0.15, -0.1) is 0 Å². The number of carbonyl (C=O) groups is 4. The fourth-order valence-electron chi connectivity index (χ4n) is 9.61. The zero-order chi connectivity index (χ0) is 64.5. The highest BCUT2D eigenvalue weighted by Crippen LogP contribution is 2.45. The summed E-state index contributed by atoms with van der Waals surface area (Å²) >= 11 is 0. The molecule has 0 saturated heterocycles. The van der Waals surface area contributed by atoms with Crippen molar-refractivity contribution in [3.05, 3.63) is 24.3 Å². The highest BCUT2D eigenvalue weighted by Gasteiger charge is 2.30. The van der Waals surface area contributed by atoms with E-state index in [0.717, 1.165) is 127 Å². The zero-order valence-electron chi connectivity index (χ0n) is 56.0. The van der Waals surface area contributed by atoms with E-state index in [1.807, 2.05) is 0 Å². The first-order valence-electron chi connectivity index (χ1n) is 34.7. The summed E-state index contributed by atoms with van der Waals surface area (Å²) in [7, 11) is -9.91. The van der Waals surface area contributed by atoms with E-state index in [1.54, 1.807) is 0 Å². The first-order valence-corrected chi connectivity index (χ1v) is 37.7. The van der Waals surface area contributed by atoms with Crippen molar-refractivity contribution >= 4 is 39.5 Å². The van der Waals surface area contributed by atoms with Gasteiger partial charge in [0.1, 0.15) is 19.3 Å². The molecule has 3 N–H and O–H groups in total. The molecular formula is C68H128O17P2. The quantitative estimate of drug-likeness (QED) is 0.0169. The zero-order valence-corrected chi connectivity index (χ0v) is 57.7. The van der Waals surface area contributed by atoms with Crippen molar-refractivity contribution in [1.29, 1.82) is 0 Å². The second-order valence-electron chi connectivity index (χ2n) is 25.1. The van der Waals surface area contributed by atoms with Gasteiger partial charge in [-0.05, 0) is 69.1 Å². The van der Waals surface area contributed by atoms with E-state index in [0.29, 0.717) is 31.6 Å². The predicted molar refractivity (Wildman–Crippen MR) is 349 cm³/mol. The van der Waals surface area contributed by atoms with Crippen molar-refractivity contribution in [2.75, 3.05) is 39.6 Å². The Bertz CT molecular complexity index is 1810. The molecular weight excluding hydrogens is 1150 g/mol. The minimum Gasteiger partial charge on any atom is -0.462 e. The molecule has 4 unspecified atom stereocenters. The van der Waals surface area contributed by atoms with E-state index < -0.39 is 97.5 Å². The normalized spacial score (nSPS) is 14.8. The third kappa shape index (κ3) is 60.9. The lowest BCUT2D eigenvalue weighted by Gasteiger charge is -2.21. The summed E-state index contributed by atoms with van der Waals surface area (Å²) in [6.45, 7) is 11.6. The van der Waals surface area contributed by atoms with Gasteiger partial charge in [-0.3, -0.25) is 37.3 Å². The molecule has 0 heterocycles. The van der Waals surface area contributed by atoms with Gasteiger partial charge in [-0.1, -0.05) is 259 Å². The maximum Gasteiger partial charge on any atom is 0.472 e. The number of phosphoric acid groups is 2. The number of ether oxygens (including phenoxy) is 4. The fraction of sp³-hybridized carbons (Fsp3) is 0.882. The van der Waals surface area contributed by atoms with Crippen LogP contribution < -0.4 is 0 Å². The predicted octanol–water partition coefficient (Wildman–Crippen LogP) is 18.6. The molecule has 0 spiro atoms. The van der Waals surface area contributed by atoms with Crippen LogP contribution in [0.3, 0.4) is 0 Å². The minimum absolute atomic E-state index is 0.0835. The third-order valence-corrected chi connectivity index (χ3v) is 17.3. The largest absolute Gasteiger partial charge is 0.472 e. The van der Waals surface area contributed by atoms with Gasteiger partial charge >= 0.3 is 39.5 Å². The number of unbranched alkanes of at least 4 members (excludes halogenated alkanes) is 28. The van der Waals surface area contributed by atoms with E-state index in [1.165, 1.54) is 96.3 Å². The molecule has 6 atom stereocenters. The van der Waals surface area contributed by atoms with Crippen LogP contribution >= 0.6 is 15.6 Å². The Kier molecular flexibility index (Phi) is 57.0. The summed E-state index contributed by atoms with van der Waals surface area (Å²) in [4.78, 5) is 72.4. The van der Waals surface area contributed by atoms with Crippen molar-refractivity contribution in [1.82, 2.24) is 0 Å². The summed E-state index contributed by atoms with van der Waals surface area (Å²) in [5.41, 5.74) is 0. The second kappa shape index (κ2) is 58.6. The lowest BCUT2D eigenvalue weighted by atomic mass is 10.00. The van der Waals surface area contributed by atoms with Crippen LogP contribution in [0.1, 0.15) is 312 Å². The minimum atomic E-state index is -4.96. The number of aliphatic hydroxyl groups is 1. The molecule has 0 aromatic rings. The summed E-state index contributed by atoms with van der Waals surface area (Å²) in [5, 5.41) is 10.6. The molecule has 87 heavy (non-hydrogen) atoms. The molecule has 0 bridgehead atoms. The Morgan fingerprint density at radius 2 is 0.678 bits per heavy atom. The fourth-order valence-corrected chi connectivity index (χ4v) is 11.2. The molecule has 512 valence electrons. The Morgan fingerprint density at radius 3 is 1.02 bits per heavy atom. The summed E-state index contributed by atoms with van der Waals surface area (Å²) < 4.78 is 68.1. The lowest BCUT2D eigenvalue weighted by Crippen LogP contribution is -2.30. The van der Waals surface area contributed by atoms with Gasteiger partial charge in [0.15, 0.2) is 12.2 Å². The molecule has 0 aromatic heterocycles. The summed E-state index contributed by atoms with van der Waals surface area (Å²) in [5.74, 6) is 0.00248. The van der Waals surface area contributed by atoms with Crippen LogP contribution in [-0.2, 0) is 65.4 Å². The molecule has 0 fully saturated rings. The van der Waals surface area contributed by atoms with Crippen LogP contribution in [-0.4, -0.2) is 96.7 Å². The second-order valence-corrected chi connectivity index (χ2v) is 28.0. The van der Waals surface area contributed by atoms with Gasteiger partial charge in [0.05, 0.1) is 26.4 Å². The maximum absolute atomic E-state index is 13.0. The van der Waals surface area contributed by atoms with Crippen molar-refractivity contribution in [2.45, 2.75) is 330 Å². The van der Waals surface area contributed by atoms with Crippen LogP contribution in [0.2, 0.25) is 0 Å². The van der Waals surface area contributed by atoms with E-state index in [4.69, 9.17) is 37.0 Å². The number of carbonyl (C=O) groups excluding carboxylic acids is 4. The molecule has 0 radical (unpaired) electrons. The van der Waals surface area contributed by atoms with Crippen LogP contribution in [0.5, 0.6) is 0 Å². The van der Waals surface area contributed by atoms with E-state index in [9.17, 15) is 43.2 Å². The number of allylic oxidation sites excluding steroid dienone is 4. The SMILES string of the molecule is CCCCCC/C=C\C=C/CCCCCCCC(=O)O[C@H](COC(=O)CCCCCCCCC(C)CC)COP(=O)(O)OCC(O)COP(=O)(O)OC[C@@H](COC(=O)CCCCCCCCCC(C)C)OC(=O)CCCCCCCCCCCC(C)C. The average molecular weight is 1280 g/mol. The van der Waals surface area contributed by atoms with Gasteiger partial charge in [-0.2, -0.15) is 0 Å². The number of esters is 4. The molecule has 0 rings (SSSR count). The highest BCUT2D eigenvalue weighted by molar-refractivity contribution is 7.47. The number of aliphatic hydroxyl groups excluding tert-OH is 1. The summed E-state index contributed by atoms with van der Waals surface area (Å²) in [6, 6.07) is 0. The summed E-state index contributed by atoms with van der Waals surface area (Å²) in [6.07, 6.45) is 44.0. The van der Waals surface area contributed by atoms with Crippen LogP contribution in [0, 0.1) is 17.8 Å². The first kappa shape index (κ1) is 84.5. The van der Waals surface area contributed by atoms with Crippen molar-refractivity contribution < 1.29 is 80.2 Å². The Morgan fingerprint density at radius 1 is 0.379 bits per heavy atom. The van der Waals surface area contributed by atoms with Crippen LogP contribution in [0.15, 0.2) is 24.3 Å². The van der Waals surface area contributed by atoms with E-state index in [-0.39, 0.29) is 25.7 Å². The van der Waals surface area contributed by atoms with Gasteiger partial charge in [0, 0.05) is 25.7 Å². The van der Waals surface area contributed by atoms with Crippen molar-refractivity contribution in [3.8, 4) is 0 Å². The Hall–Kier alpha value is -2.46. The molecule has 0 amide bonds. The molecule has 0 aliphatic carbocycles. The van der Waals surface area contributed by atoms with Crippen molar-refractivity contribution in [2.24, 2.45) is 17.8 Å². The molecule has 19 heteroatoms. The first-order chi connectivity index (χ1) is 41.8. The topological polar surface area (TPSA) is 237 Å². The average Bonchev–Trinajstić information content (AvgIpc) is 3.54. The highest BCUT2D eigenvalue weighted by atomic mass is 31.2.